The third-order valence-electron chi connectivity index (χ3n) is 8.67. The molecule has 0 fully saturated rings. The molecule has 5 aromatic rings. The molecule has 5 heteroatoms. The zero-order chi connectivity index (χ0) is 28.3. The number of benzene rings is 3. The molecule has 0 radical (unpaired) electrons. The van der Waals surface area contributed by atoms with Gasteiger partial charge in [-0.05, 0) is 66.8 Å². The normalized spacial score (nSPS) is 17.6. The van der Waals surface area contributed by atoms with E-state index in [1.165, 1.54) is 11.6 Å². The van der Waals surface area contributed by atoms with Crippen molar-refractivity contribution in [3.05, 3.63) is 138 Å². The Morgan fingerprint density at radius 1 is 0.805 bits per heavy atom. The number of aryl methyl sites for hydroxylation is 2. The molecule has 0 aliphatic carbocycles. The van der Waals surface area contributed by atoms with Crippen molar-refractivity contribution in [2.45, 2.75) is 37.9 Å². The first-order valence-electron chi connectivity index (χ1n) is 13.9. The summed E-state index contributed by atoms with van der Waals surface area (Å²) in [6.45, 7) is 6.64. The number of fused-ring (bicyclic) bond motifs is 9. The van der Waals surface area contributed by atoms with E-state index in [0.29, 0.717) is 24.1 Å². The molecule has 7 rings (SSSR count). The van der Waals surface area contributed by atoms with Gasteiger partial charge in [0.1, 0.15) is 0 Å². The molecule has 2 aromatic heterocycles. The van der Waals surface area contributed by atoms with Crippen LogP contribution in [0, 0.1) is 6.92 Å². The molecule has 0 spiro atoms. The van der Waals surface area contributed by atoms with Crippen LogP contribution in [0.3, 0.4) is 0 Å². The third kappa shape index (κ3) is 4.10. The third-order valence-corrected chi connectivity index (χ3v) is 8.67. The zero-order valence-electron chi connectivity index (χ0n) is 22.7. The van der Waals surface area contributed by atoms with E-state index in [-0.39, 0.29) is 17.5 Å². The van der Waals surface area contributed by atoms with E-state index >= 15 is 0 Å². The van der Waals surface area contributed by atoms with Gasteiger partial charge in [0.2, 0.25) is 23.1 Å². The van der Waals surface area contributed by atoms with Gasteiger partial charge in [0, 0.05) is 29.3 Å². The number of pyridine rings is 2. The van der Waals surface area contributed by atoms with Crippen LogP contribution in [0.15, 0.2) is 116 Å². The second kappa shape index (κ2) is 9.55. The first-order valence-corrected chi connectivity index (χ1v) is 13.9. The molecular formula is C36H29F3N2+2. The van der Waals surface area contributed by atoms with Crippen molar-refractivity contribution in [2.75, 3.05) is 0 Å². The lowest BCUT2D eigenvalue weighted by molar-refractivity contribution is -0.727. The summed E-state index contributed by atoms with van der Waals surface area (Å²) >= 11 is 0. The molecule has 2 nitrogen and oxygen atoms in total. The first kappa shape index (κ1) is 25.5. The Morgan fingerprint density at radius 3 is 2.37 bits per heavy atom. The number of alkyl halides is 3. The Morgan fingerprint density at radius 2 is 1.56 bits per heavy atom. The lowest BCUT2D eigenvalue weighted by Crippen LogP contribution is -2.53. The summed E-state index contributed by atoms with van der Waals surface area (Å²) in [6, 6.07) is 30.8. The molecular weight excluding hydrogens is 517 g/mol. The van der Waals surface area contributed by atoms with E-state index in [1.807, 2.05) is 78.4 Å². The van der Waals surface area contributed by atoms with E-state index in [0.717, 1.165) is 33.6 Å². The van der Waals surface area contributed by atoms with Crippen molar-refractivity contribution in [3.63, 3.8) is 0 Å². The molecule has 3 aromatic carbocycles. The summed E-state index contributed by atoms with van der Waals surface area (Å²) in [5.74, 6) is 0.0357. The maximum absolute atomic E-state index is 14.7. The Hall–Kier alpha value is -4.51. The van der Waals surface area contributed by atoms with Crippen molar-refractivity contribution in [2.24, 2.45) is 0 Å². The lowest BCUT2D eigenvalue weighted by atomic mass is 9.78. The fourth-order valence-electron chi connectivity index (χ4n) is 6.86. The minimum absolute atomic E-state index is 0.0357. The maximum atomic E-state index is 14.7. The fraction of sp³-hybridized carbons (Fsp3) is 0.167. The van der Waals surface area contributed by atoms with Gasteiger partial charge >= 0.3 is 6.18 Å². The second-order valence-corrected chi connectivity index (χ2v) is 11.0. The van der Waals surface area contributed by atoms with Crippen molar-refractivity contribution in [1.82, 2.24) is 0 Å². The summed E-state index contributed by atoms with van der Waals surface area (Å²) in [7, 11) is 0. The standard InChI is InChI=1S/C36H29F3N2/c1-23-22-41-24(2)35-29(27-14-6-7-15-28(27)32-17-8-9-20-40(32)35)19-18-26-13-10-16-31(36(37,38)39)34(26)33(41)21-30(23)25-11-4-3-5-12-25/h3-17,20-22,29,35H,2,18-19H2,1H3/q+2. The van der Waals surface area contributed by atoms with Crippen molar-refractivity contribution in [1.29, 1.82) is 0 Å². The molecule has 0 saturated carbocycles. The molecule has 41 heavy (non-hydrogen) atoms. The van der Waals surface area contributed by atoms with E-state index in [4.69, 9.17) is 0 Å². The maximum Gasteiger partial charge on any atom is 0.417 e. The molecule has 0 saturated heterocycles. The van der Waals surface area contributed by atoms with Gasteiger partial charge in [-0.25, -0.2) is 0 Å². The Balaban J connectivity index is 1.56. The molecule has 0 N–H and O–H groups in total. The Kier molecular flexibility index (Phi) is 5.93. The minimum Gasteiger partial charge on any atom is -0.184 e. The second-order valence-electron chi connectivity index (χ2n) is 11.0. The van der Waals surface area contributed by atoms with Crippen LogP contribution in [0.2, 0.25) is 0 Å². The SMILES string of the molecule is C=C1C2C(CCc3cccc(C(F)(F)F)c3-c3cc(-c4ccccc4)c(C)c[n+]31)c1ccccc1-c1cccc[n+]12. The van der Waals surface area contributed by atoms with Gasteiger partial charge in [0.25, 0.3) is 0 Å². The van der Waals surface area contributed by atoms with E-state index in [9.17, 15) is 13.2 Å². The highest BCUT2D eigenvalue weighted by Gasteiger charge is 2.48. The van der Waals surface area contributed by atoms with Gasteiger partial charge in [-0.1, -0.05) is 60.7 Å². The largest absolute Gasteiger partial charge is 0.417 e. The predicted molar refractivity (Wildman–Crippen MR) is 155 cm³/mol. The summed E-state index contributed by atoms with van der Waals surface area (Å²) in [6.07, 6.45) is 0.751. The topological polar surface area (TPSA) is 7.76 Å². The monoisotopic (exact) mass is 546 g/mol. The van der Waals surface area contributed by atoms with Gasteiger partial charge in [-0.2, -0.15) is 22.3 Å². The Bertz CT molecular complexity index is 1820. The van der Waals surface area contributed by atoms with Crippen LogP contribution in [0.4, 0.5) is 13.2 Å². The summed E-state index contributed by atoms with van der Waals surface area (Å²) < 4.78 is 48.2. The number of aromatic nitrogens is 2. The smallest absolute Gasteiger partial charge is 0.184 e. The van der Waals surface area contributed by atoms with Crippen LogP contribution < -0.4 is 9.13 Å². The average Bonchev–Trinajstić information content (AvgIpc) is 3.03. The molecule has 0 amide bonds. The first-order chi connectivity index (χ1) is 19.8. The van der Waals surface area contributed by atoms with Crippen LogP contribution in [-0.2, 0) is 12.6 Å². The summed E-state index contributed by atoms with van der Waals surface area (Å²) in [5.41, 5.74) is 7.89. The van der Waals surface area contributed by atoms with Gasteiger partial charge in [-0.3, -0.25) is 0 Å². The molecule has 2 atom stereocenters. The number of rotatable bonds is 1. The van der Waals surface area contributed by atoms with Crippen LogP contribution in [-0.4, -0.2) is 0 Å². The molecule has 2 aliphatic heterocycles. The molecule has 0 bridgehead atoms. The summed E-state index contributed by atoms with van der Waals surface area (Å²) in [4.78, 5) is 0. The van der Waals surface area contributed by atoms with E-state index < -0.39 is 11.7 Å². The zero-order valence-corrected chi connectivity index (χ0v) is 22.7. The fourth-order valence-corrected chi connectivity index (χ4v) is 6.86. The van der Waals surface area contributed by atoms with Crippen LogP contribution >= 0.6 is 0 Å². The van der Waals surface area contributed by atoms with Crippen LogP contribution in [0.1, 0.15) is 40.6 Å². The van der Waals surface area contributed by atoms with Gasteiger partial charge < -0.3 is 0 Å². The highest BCUT2D eigenvalue weighted by Crippen LogP contribution is 2.47. The predicted octanol–water partition coefficient (Wildman–Crippen LogP) is 8.35. The van der Waals surface area contributed by atoms with Crippen molar-refractivity contribution in [3.8, 4) is 33.6 Å². The van der Waals surface area contributed by atoms with E-state index in [1.54, 1.807) is 6.07 Å². The van der Waals surface area contributed by atoms with Gasteiger partial charge in [0.05, 0.1) is 17.0 Å². The van der Waals surface area contributed by atoms with Gasteiger partial charge in [-0.15, -0.1) is 0 Å². The molecule has 202 valence electrons. The van der Waals surface area contributed by atoms with Crippen molar-refractivity contribution < 1.29 is 22.3 Å². The molecule has 4 heterocycles. The number of nitrogens with zero attached hydrogens (tertiary/aromatic N) is 2. The van der Waals surface area contributed by atoms with Crippen LogP contribution in [0.25, 0.3) is 39.3 Å². The van der Waals surface area contributed by atoms with E-state index in [2.05, 4.69) is 41.6 Å². The number of allylic oxidation sites excluding steroid dienone is 1. The molecule has 2 unspecified atom stereocenters. The average molecular weight is 547 g/mol. The van der Waals surface area contributed by atoms with Crippen LogP contribution in [0.5, 0.6) is 0 Å². The summed E-state index contributed by atoms with van der Waals surface area (Å²) in [5, 5.41) is 0. The minimum atomic E-state index is -4.50. The van der Waals surface area contributed by atoms with Crippen molar-refractivity contribution >= 4 is 5.70 Å². The number of hydrogen-bond acceptors (Lipinski definition) is 0. The molecule has 2 aliphatic rings. The number of hydrogen-bond donors (Lipinski definition) is 0. The number of halogens is 3. The highest BCUT2D eigenvalue weighted by molar-refractivity contribution is 5.76. The van der Waals surface area contributed by atoms with Gasteiger partial charge in [0.15, 0.2) is 12.4 Å². The quantitative estimate of drug-likeness (QED) is 0.187. The highest BCUT2D eigenvalue weighted by atomic mass is 19.4. The Labute approximate surface area is 237 Å². The lowest BCUT2D eigenvalue weighted by Gasteiger charge is -2.29.